The fraction of sp³-hybridized carbons (Fsp3) is 0.222. The Balaban J connectivity index is 1.97. The molecule has 2 heterocycles. The van der Waals surface area contributed by atoms with Gasteiger partial charge in [-0.3, -0.25) is 15.1 Å². The van der Waals surface area contributed by atoms with Crippen LogP contribution in [0.1, 0.15) is 25.8 Å². The van der Waals surface area contributed by atoms with E-state index in [9.17, 15) is 18.0 Å². The predicted octanol–water partition coefficient (Wildman–Crippen LogP) is 3.25. The molecule has 3 rings (SSSR count). The third-order valence-electron chi connectivity index (χ3n) is 4.21. The lowest BCUT2D eigenvalue weighted by molar-refractivity contribution is -0.136. The molecular weight excluding hydrogens is 407 g/mol. The van der Waals surface area contributed by atoms with Crippen molar-refractivity contribution in [3.05, 3.63) is 51.3 Å². The molecule has 0 saturated carbocycles. The Labute approximate surface area is 167 Å². The molecule has 1 amide bonds. The molecule has 6 N–H and O–H groups in total. The molecule has 0 fully saturated rings. The van der Waals surface area contributed by atoms with Gasteiger partial charge in [0.15, 0.2) is 5.96 Å². The maximum absolute atomic E-state index is 13.6. The van der Waals surface area contributed by atoms with Crippen molar-refractivity contribution in [2.24, 2.45) is 11.5 Å². The molecule has 1 aromatic carbocycles. The number of carbonyl (C=O) groups is 1. The van der Waals surface area contributed by atoms with Crippen LogP contribution in [-0.2, 0) is 19.3 Å². The molecule has 29 heavy (non-hydrogen) atoms. The molecule has 2 aromatic heterocycles. The van der Waals surface area contributed by atoms with Crippen LogP contribution in [0.5, 0.6) is 5.75 Å². The highest BCUT2D eigenvalue weighted by Crippen LogP contribution is 2.38. The first kappa shape index (κ1) is 20.7. The summed E-state index contributed by atoms with van der Waals surface area (Å²) in [7, 11) is 1.26. The van der Waals surface area contributed by atoms with Crippen LogP contribution in [0.25, 0.3) is 10.9 Å². The second-order valence-corrected chi connectivity index (χ2v) is 7.48. The number of nitrogens with two attached hydrogens (primary N) is 2. The number of halogens is 3. The van der Waals surface area contributed by atoms with E-state index in [1.54, 1.807) is 6.07 Å². The number of nitrogens with one attached hydrogen (secondary N) is 2. The zero-order chi connectivity index (χ0) is 21.3. The normalized spacial score (nSPS) is 11.6. The number of thiophene rings is 1. The number of alkyl halides is 3. The molecule has 11 heteroatoms. The summed E-state index contributed by atoms with van der Waals surface area (Å²) in [6.07, 6.45) is -4.65. The van der Waals surface area contributed by atoms with E-state index >= 15 is 0 Å². The van der Waals surface area contributed by atoms with Gasteiger partial charge in [-0.1, -0.05) is 0 Å². The zero-order valence-electron chi connectivity index (χ0n) is 15.3. The summed E-state index contributed by atoms with van der Waals surface area (Å²) in [6.45, 7) is 0.468. The smallest absolute Gasteiger partial charge is 0.417 e. The Kier molecular flexibility index (Phi) is 5.53. The lowest BCUT2D eigenvalue weighted by Gasteiger charge is -2.12. The molecule has 0 aliphatic rings. The van der Waals surface area contributed by atoms with E-state index in [1.165, 1.54) is 24.5 Å². The number of rotatable bonds is 5. The predicted molar refractivity (Wildman–Crippen MR) is 104 cm³/mol. The minimum Gasteiger partial charge on any atom is -0.488 e. The van der Waals surface area contributed by atoms with Crippen molar-refractivity contribution < 1.29 is 22.7 Å². The van der Waals surface area contributed by atoms with Crippen LogP contribution in [0.15, 0.2) is 30.3 Å². The Morgan fingerprint density at radius 1 is 1.28 bits per heavy atom. The number of hydrogen-bond donors (Lipinski definition) is 4. The Hall–Kier alpha value is -3.05. The second-order valence-electron chi connectivity index (χ2n) is 6.22. The van der Waals surface area contributed by atoms with Crippen LogP contribution < -0.4 is 16.2 Å². The summed E-state index contributed by atoms with van der Waals surface area (Å²) in [6, 6.07) is 7.03. The molecule has 0 aliphatic heterocycles. The minimum absolute atomic E-state index is 0.00768. The fourth-order valence-corrected chi connectivity index (χ4v) is 3.51. The largest absolute Gasteiger partial charge is 0.488 e. The Morgan fingerprint density at radius 2 is 1.97 bits per heavy atom. The van der Waals surface area contributed by atoms with Crippen LogP contribution in [0.2, 0.25) is 0 Å². The van der Waals surface area contributed by atoms with Gasteiger partial charge in [-0.05, 0) is 24.3 Å². The molecule has 154 valence electrons. The van der Waals surface area contributed by atoms with Crippen LogP contribution in [0.3, 0.4) is 0 Å². The highest BCUT2D eigenvalue weighted by molar-refractivity contribution is 7.11. The quantitative estimate of drug-likeness (QED) is 0.370. The number of ether oxygens (including phenoxy) is 1. The number of nitrogens with zero attached hydrogens (tertiary/aromatic N) is 1. The van der Waals surface area contributed by atoms with Crippen molar-refractivity contribution in [2.45, 2.75) is 19.3 Å². The zero-order valence-corrected chi connectivity index (χ0v) is 16.1. The van der Waals surface area contributed by atoms with E-state index in [1.807, 2.05) is 6.07 Å². The maximum atomic E-state index is 13.6. The number of aromatic amines is 1. The number of carbonyl (C=O) groups excluding carboxylic acids is 1. The highest BCUT2D eigenvalue weighted by atomic mass is 32.1. The molecule has 7 nitrogen and oxygen atoms in total. The van der Waals surface area contributed by atoms with E-state index in [4.69, 9.17) is 21.6 Å². The molecular formula is C18H18F3N5O2S. The average Bonchev–Trinajstić information content (AvgIpc) is 3.29. The van der Waals surface area contributed by atoms with E-state index in [0.717, 1.165) is 26.8 Å². The van der Waals surface area contributed by atoms with Gasteiger partial charge >= 0.3 is 6.18 Å². The van der Waals surface area contributed by atoms with Gasteiger partial charge in [-0.15, -0.1) is 11.3 Å². The number of hydrogen-bond acceptors (Lipinski definition) is 5. The first-order valence-corrected chi connectivity index (χ1v) is 9.18. The van der Waals surface area contributed by atoms with E-state index in [2.05, 4.69) is 4.98 Å². The maximum Gasteiger partial charge on any atom is 0.417 e. The lowest BCUT2D eigenvalue weighted by Crippen LogP contribution is -2.38. The summed E-state index contributed by atoms with van der Waals surface area (Å²) in [5, 5.41) is 7.13. The standard InChI is InChI=1S/C18H18F3N5O2S/c1-26(17(23)24)16(27)15-6-12-13(18(19,20)21)4-9(5-14(12)25-15)28-8-11-3-2-10(7-22)29-11/h2-6,25H,7-8,22H2,1H3,(H3,23,24). The molecule has 0 radical (unpaired) electrons. The van der Waals surface area contributed by atoms with Gasteiger partial charge < -0.3 is 21.2 Å². The van der Waals surface area contributed by atoms with Crippen molar-refractivity contribution in [1.82, 2.24) is 9.88 Å². The molecule has 0 aliphatic carbocycles. The SMILES string of the molecule is CN(C(=N)N)C(=O)c1cc2c(C(F)(F)F)cc(OCc3ccc(CN)s3)cc2[nH]1. The van der Waals surface area contributed by atoms with E-state index in [-0.39, 0.29) is 29.0 Å². The molecule has 0 bridgehead atoms. The summed E-state index contributed by atoms with van der Waals surface area (Å²) in [5.74, 6) is -1.24. The van der Waals surface area contributed by atoms with Crippen LogP contribution >= 0.6 is 11.3 Å². The van der Waals surface area contributed by atoms with Gasteiger partial charge in [0.1, 0.15) is 18.1 Å². The first-order chi connectivity index (χ1) is 13.6. The van der Waals surface area contributed by atoms with Gasteiger partial charge in [0.2, 0.25) is 0 Å². The molecule has 0 atom stereocenters. The van der Waals surface area contributed by atoms with Gasteiger partial charge in [-0.25, -0.2) is 0 Å². The van der Waals surface area contributed by atoms with Gasteiger partial charge in [0.05, 0.1) is 11.1 Å². The first-order valence-electron chi connectivity index (χ1n) is 8.36. The van der Waals surface area contributed by atoms with Crippen LogP contribution in [0, 0.1) is 5.41 Å². The van der Waals surface area contributed by atoms with E-state index in [0.29, 0.717) is 6.54 Å². The molecule has 3 aromatic rings. The number of aromatic nitrogens is 1. The third kappa shape index (κ3) is 4.35. The van der Waals surface area contributed by atoms with Crippen molar-refractivity contribution in [2.75, 3.05) is 7.05 Å². The Bertz CT molecular complexity index is 1070. The highest BCUT2D eigenvalue weighted by Gasteiger charge is 2.34. The minimum atomic E-state index is -4.65. The van der Waals surface area contributed by atoms with Crippen molar-refractivity contribution >= 4 is 34.1 Å². The van der Waals surface area contributed by atoms with E-state index < -0.39 is 23.6 Å². The molecule has 0 saturated heterocycles. The number of amides is 1. The van der Waals surface area contributed by atoms with Crippen molar-refractivity contribution in [3.63, 3.8) is 0 Å². The fourth-order valence-electron chi connectivity index (χ4n) is 2.70. The van der Waals surface area contributed by atoms with Crippen LogP contribution in [0.4, 0.5) is 13.2 Å². The van der Waals surface area contributed by atoms with Crippen LogP contribution in [-0.4, -0.2) is 28.8 Å². The number of benzene rings is 1. The summed E-state index contributed by atoms with van der Waals surface area (Å²) < 4.78 is 46.3. The second kappa shape index (κ2) is 7.76. The molecule has 0 unspecified atom stereocenters. The molecule has 0 spiro atoms. The summed E-state index contributed by atoms with van der Waals surface area (Å²) >= 11 is 1.42. The monoisotopic (exact) mass is 425 g/mol. The lowest BCUT2D eigenvalue weighted by atomic mass is 10.1. The Morgan fingerprint density at radius 3 is 2.55 bits per heavy atom. The summed E-state index contributed by atoms with van der Waals surface area (Å²) in [4.78, 5) is 17.5. The van der Waals surface area contributed by atoms with Crippen molar-refractivity contribution in [1.29, 1.82) is 5.41 Å². The average molecular weight is 425 g/mol. The van der Waals surface area contributed by atoms with Gasteiger partial charge in [0.25, 0.3) is 5.91 Å². The summed E-state index contributed by atoms with van der Waals surface area (Å²) in [5.41, 5.74) is 9.86. The number of guanidine groups is 1. The van der Waals surface area contributed by atoms with Crippen molar-refractivity contribution in [3.8, 4) is 5.75 Å². The van der Waals surface area contributed by atoms with Gasteiger partial charge in [0, 0.05) is 34.8 Å². The third-order valence-corrected chi connectivity index (χ3v) is 5.29. The number of H-pyrrole nitrogens is 1. The van der Waals surface area contributed by atoms with Gasteiger partial charge in [-0.2, -0.15) is 13.2 Å². The topological polar surface area (TPSA) is 121 Å². The number of fused-ring (bicyclic) bond motifs is 1.